The largest absolute Gasteiger partial charge is 0.500 e. The molecule has 0 aliphatic carbocycles. The van der Waals surface area contributed by atoms with Crippen LogP contribution in [0.25, 0.3) is 0 Å². The average molecular weight is 621 g/mol. The van der Waals surface area contributed by atoms with Gasteiger partial charge in [0.2, 0.25) is 5.76 Å². The molecular formula is C27H44O12SSi. The second-order valence-electron chi connectivity index (χ2n) is 8.54. The molecule has 0 aromatic heterocycles. The van der Waals surface area contributed by atoms with Crippen molar-refractivity contribution in [2.45, 2.75) is 57.9 Å². The van der Waals surface area contributed by atoms with Crippen LogP contribution in [0.15, 0.2) is 41.5 Å². The Labute approximate surface area is 244 Å². The van der Waals surface area contributed by atoms with Crippen molar-refractivity contribution < 1.29 is 54.4 Å². The van der Waals surface area contributed by atoms with Crippen molar-refractivity contribution in [1.29, 1.82) is 0 Å². The Kier molecular flexibility index (Phi) is 18.4. The minimum atomic E-state index is -4.19. The van der Waals surface area contributed by atoms with Crippen LogP contribution in [-0.4, -0.2) is 88.6 Å². The standard InChI is InChI=1S/C27H44O12SSi/c1-6-36-41(37-7-2,38-8-3)22-10-9-11-26(28)34-20-18-32-16-17-33-19-21-35-27(29)24(5)39-40(30,31)25-14-12-23(4)13-15-25/h12-15H,5-11,16-22H2,1-4H3. The third-order valence-corrected chi connectivity index (χ3v) is 9.70. The minimum Gasteiger partial charge on any atom is -0.463 e. The molecule has 41 heavy (non-hydrogen) atoms. The van der Waals surface area contributed by atoms with E-state index in [4.69, 9.17) is 36.4 Å². The molecule has 0 amide bonds. The van der Waals surface area contributed by atoms with E-state index in [1.807, 2.05) is 27.7 Å². The maximum absolute atomic E-state index is 12.2. The lowest BCUT2D eigenvalue weighted by atomic mass is 10.2. The van der Waals surface area contributed by atoms with Crippen LogP contribution in [0.1, 0.15) is 45.6 Å². The summed E-state index contributed by atoms with van der Waals surface area (Å²) in [5.74, 6) is -1.97. The van der Waals surface area contributed by atoms with E-state index in [9.17, 15) is 18.0 Å². The van der Waals surface area contributed by atoms with Crippen LogP contribution >= 0.6 is 0 Å². The van der Waals surface area contributed by atoms with E-state index in [2.05, 4.69) is 6.58 Å². The molecule has 1 aromatic carbocycles. The fourth-order valence-electron chi connectivity index (χ4n) is 3.41. The van der Waals surface area contributed by atoms with E-state index >= 15 is 0 Å². The van der Waals surface area contributed by atoms with Crippen LogP contribution in [0.2, 0.25) is 6.04 Å². The molecule has 234 valence electrons. The molecule has 0 atom stereocenters. The van der Waals surface area contributed by atoms with Gasteiger partial charge in [-0.2, -0.15) is 8.42 Å². The van der Waals surface area contributed by atoms with Gasteiger partial charge in [-0.15, -0.1) is 0 Å². The van der Waals surface area contributed by atoms with Gasteiger partial charge in [-0.1, -0.05) is 17.7 Å². The lowest BCUT2D eigenvalue weighted by Gasteiger charge is -2.28. The van der Waals surface area contributed by atoms with Crippen molar-refractivity contribution in [2.75, 3.05) is 59.5 Å². The van der Waals surface area contributed by atoms with E-state index in [0.717, 1.165) is 12.0 Å². The fraction of sp³-hybridized carbons (Fsp3) is 0.630. The van der Waals surface area contributed by atoms with Crippen molar-refractivity contribution in [3.05, 3.63) is 42.2 Å². The first-order chi connectivity index (χ1) is 19.6. The van der Waals surface area contributed by atoms with Gasteiger partial charge < -0.3 is 36.4 Å². The zero-order valence-electron chi connectivity index (χ0n) is 24.5. The molecule has 0 aliphatic rings. The van der Waals surface area contributed by atoms with Crippen molar-refractivity contribution in [1.82, 2.24) is 0 Å². The summed E-state index contributed by atoms with van der Waals surface area (Å²) in [6.07, 6.45) is 1.66. The van der Waals surface area contributed by atoms with Crippen molar-refractivity contribution in [3.63, 3.8) is 0 Å². The Hall–Kier alpha value is -2.33. The summed E-state index contributed by atoms with van der Waals surface area (Å²) in [5.41, 5.74) is 0.876. The second kappa shape index (κ2) is 20.5. The predicted molar refractivity (Wildman–Crippen MR) is 151 cm³/mol. The Morgan fingerprint density at radius 1 is 0.780 bits per heavy atom. The Morgan fingerprint density at radius 3 is 1.83 bits per heavy atom. The van der Waals surface area contributed by atoms with Gasteiger partial charge in [-0.3, -0.25) is 4.79 Å². The first-order valence-corrected chi connectivity index (χ1v) is 17.0. The molecule has 0 saturated carbocycles. The van der Waals surface area contributed by atoms with Crippen LogP contribution in [0, 0.1) is 6.92 Å². The zero-order chi connectivity index (χ0) is 30.6. The van der Waals surface area contributed by atoms with Crippen LogP contribution in [0.4, 0.5) is 0 Å². The summed E-state index contributed by atoms with van der Waals surface area (Å²) in [7, 11) is -6.88. The van der Waals surface area contributed by atoms with E-state index < -0.39 is 30.7 Å². The number of carbonyl (C=O) groups is 2. The number of aryl methyl sites for hydroxylation is 1. The topological polar surface area (TPSA) is 142 Å². The predicted octanol–water partition coefficient (Wildman–Crippen LogP) is 3.55. The number of benzene rings is 1. The number of unbranched alkanes of at least 4 members (excludes halogenated alkanes) is 1. The average Bonchev–Trinajstić information content (AvgIpc) is 2.92. The molecule has 0 fully saturated rings. The van der Waals surface area contributed by atoms with Crippen LogP contribution in [0.5, 0.6) is 0 Å². The third kappa shape index (κ3) is 15.5. The highest BCUT2D eigenvalue weighted by Gasteiger charge is 2.39. The summed E-state index contributed by atoms with van der Waals surface area (Å²) in [6, 6.07) is 6.60. The number of esters is 2. The van der Waals surface area contributed by atoms with Crippen LogP contribution in [-0.2, 0) is 56.1 Å². The van der Waals surface area contributed by atoms with E-state index in [-0.39, 0.29) is 56.9 Å². The van der Waals surface area contributed by atoms with Gasteiger partial charge in [0.1, 0.15) is 18.1 Å². The molecule has 0 N–H and O–H groups in total. The van der Waals surface area contributed by atoms with Gasteiger partial charge in [0.15, 0.2) is 0 Å². The van der Waals surface area contributed by atoms with Gasteiger partial charge in [0, 0.05) is 32.3 Å². The SMILES string of the molecule is C=C(OS(=O)(=O)c1ccc(C)cc1)C(=O)OCCOCCOCCOC(=O)CCCC[Si](OCC)(OCC)OCC. The van der Waals surface area contributed by atoms with E-state index in [0.29, 0.717) is 32.3 Å². The molecular weight excluding hydrogens is 576 g/mol. The fourth-order valence-corrected chi connectivity index (χ4v) is 7.00. The van der Waals surface area contributed by atoms with Crippen molar-refractivity contribution in [3.8, 4) is 0 Å². The van der Waals surface area contributed by atoms with Crippen LogP contribution in [0.3, 0.4) is 0 Å². The maximum atomic E-state index is 12.2. The number of rotatable bonds is 24. The van der Waals surface area contributed by atoms with Gasteiger partial charge in [-0.05, 0) is 59.2 Å². The quantitative estimate of drug-likeness (QED) is 0.0416. The zero-order valence-corrected chi connectivity index (χ0v) is 26.3. The lowest BCUT2D eigenvalue weighted by molar-refractivity contribution is -0.146. The highest BCUT2D eigenvalue weighted by Crippen LogP contribution is 2.20. The molecule has 0 saturated heterocycles. The first-order valence-electron chi connectivity index (χ1n) is 13.7. The number of carbonyl (C=O) groups excluding carboxylic acids is 2. The molecule has 0 bridgehead atoms. The molecule has 0 unspecified atom stereocenters. The van der Waals surface area contributed by atoms with Gasteiger partial charge in [-0.25, -0.2) is 4.79 Å². The summed E-state index contributed by atoms with van der Waals surface area (Å²) in [4.78, 5) is 23.8. The van der Waals surface area contributed by atoms with Gasteiger partial charge in [0.05, 0.1) is 26.4 Å². The summed E-state index contributed by atoms with van der Waals surface area (Å²) >= 11 is 0. The minimum absolute atomic E-state index is 0.0576. The summed E-state index contributed by atoms with van der Waals surface area (Å²) in [5, 5.41) is 0. The Morgan fingerprint density at radius 2 is 1.29 bits per heavy atom. The number of hydrogen-bond acceptors (Lipinski definition) is 12. The van der Waals surface area contributed by atoms with E-state index in [1.165, 1.54) is 12.1 Å². The molecule has 1 rings (SSSR count). The second-order valence-corrected chi connectivity index (χ2v) is 12.8. The molecule has 1 aromatic rings. The summed E-state index contributed by atoms with van der Waals surface area (Å²) < 4.78 is 67.3. The molecule has 0 heterocycles. The summed E-state index contributed by atoms with van der Waals surface area (Å²) in [6.45, 7) is 13.1. The highest BCUT2D eigenvalue weighted by molar-refractivity contribution is 7.86. The lowest BCUT2D eigenvalue weighted by Crippen LogP contribution is -2.45. The molecule has 0 spiro atoms. The molecule has 12 nitrogen and oxygen atoms in total. The maximum Gasteiger partial charge on any atom is 0.500 e. The Balaban J connectivity index is 2.08. The normalized spacial score (nSPS) is 11.7. The monoisotopic (exact) mass is 620 g/mol. The Bertz CT molecular complexity index is 997. The molecule has 14 heteroatoms. The molecule has 0 aliphatic heterocycles. The smallest absolute Gasteiger partial charge is 0.463 e. The number of ether oxygens (including phenoxy) is 4. The van der Waals surface area contributed by atoms with Crippen molar-refractivity contribution >= 4 is 30.9 Å². The van der Waals surface area contributed by atoms with Gasteiger partial charge >= 0.3 is 30.9 Å². The van der Waals surface area contributed by atoms with E-state index in [1.54, 1.807) is 12.1 Å². The van der Waals surface area contributed by atoms with Crippen LogP contribution < -0.4 is 0 Å². The number of hydrogen-bond donors (Lipinski definition) is 0. The highest BCUT2D eigenvalue weighted by atomic mass is 32.2. The van der Waals surface area contributed by atoms with Crippen molar-refractivity contribution in [2.24, 2.45) is 0 Å². The molecule has 0 radical (unpaired) electrons. The van der Waals surface area contributed by atoms with Gasteiger partial charge in [0.25, 0.3) is 0 Å². The first kappa shape index (κ1) is 36.7. The third-order valence-electron chi connectivity index (χ3n) is 5.28.